The van der Waals surface area contributed by atoms with Crippen LogP contribution >= 0.6 is 0 Å². The number of halogens is 1. The number of hydrogen-bond acceptors (Lipinski definition) is 7. The highest BCUT2D eigenvalue weighted by molar-refractivity contribution is 5.99. The van der Waals surface area contributed by atoms with Crippen molar-refractivity contribution in [2.24, 2.45) is 0 Å². The lowest BCUT2D eigenvalue weighted by Gasteiger charge is -2.34. The van der Waals surface area contributed by atoms with Crippen molar-refractivity contribution in [3.63, 3.8) is 0 Å². The van der Waals surface area contributed by atoms with Gasteiger partial charge in [0.15, 0.2) is 0 Å². The molecular weight excluding hydrogens is 469 g/mol. The summed E-state index contributed by atoms with van der Waals surface area (Å²) in [7, 11) is 2.14. The van der Waals surface area contributed by atoms with E-state index in [1.54, 1.807) is 24.3 Å². The van der Waals surface area contributed by atoms with Crippen molar-refractivity contribution in [3.05, 3.63) is 85.2 Å². The Kier molecular flexibility index (Phi) is 6.96. The quantitative estimate of drug-likeness (QED) is 0.305. The predicted octanol–water partition coefficient (Wildman–Crippen LogP) is 5.13. The van der Waals surface area contributed by atoms with Crippen molar-refractivity contribution in [3.8, 4) is 0 Å². The second-order valence-corrected chi connectivity index (χ2v) is 8.92. The third-order valence-electron chi connectivity index (χ3n) is 6.23. The van der Waals surface area contributed by atoms with Crippen LogP contribution in [0.4, 0.5) is 38.9 Å². The lowest BCUT2D eigenvalue weighted by molar-refractivity contribution is -0.111. The molecule has 37 heavy (non-hydrogen) atoms. The minimum absolute atomic E-state index is 0.308. The summed E-state index contributed by atoms with van der Waals surface area (Å²) in [5.41, 5.74) is 3.89. The van der Waals surface area contributed by atoms with E-state index >= 15 is 0 Å². The van der Waals surface area contributed by atoms with Gasteiger partial charge in [-0.3, -0.25) is 4.79 Å². The van der Waals surface area contributed by atoms with Gasteiger partial charge in [-0.15, -0.1) is 0 Å². The SMILES string of the molecule is C=CC(=O)Nc1cccc(Nc2nc(Nc3ccc(N4CCN(C)CC4)cc3)nc3ccc(F)cc23)c1. The number of aromatic nitrogens is 2. The van der Waals surface area contributed by atoms with Crippen LogP contribution in [0.15, 0.2) is 79.4 Å². The maximum atomic E-state index is 14.1. The average molecular weight is 498 g/mol. The Balaban J connectivity index is 1.40. The zero-order valence-corrected chi connectivity index (χ0v) is 20.5. The molecule has 2 heterocycles. The first-order chi connectivity index (χ1) is 18.0. The van der Waals surface area contributed by atoms with Gasteiger partial charge in [-0.2, -0.15) is 4.98 Å². The molecule has 3 aromatic carbocycles. The molecule has 1 saturated heterocycles. The number of piperazine rings is 1. The summed E-state index contributed by atoms with van der Waals surface area (Å²) in [5, 5.41) is 9.78. The van der Waals surface area contributed by atoms with Crippen LogP contribution in [0.25, 0.3) is 10.9 Å². The average Bonchev–Trinajstić information content (AvgIpc) is 2.90. The molecule has 1 fully saturated rings. The van der Waals surface area contributed by atoms with Crippen LogP contribution in [0.5, 0.6) is 0 Å². The van der Waals surface area contributed by atoms with Crippen molar-refractivity contribution in [1.29, 1.82) is 0 Å². The van der Waals surface area contributed by atoms with E-state index in [-0.39, 0.29) is 11.7 Å². The van der Waals surface area contributed by atoms with Gasteiger partial charge in [-0.05, 0) is 73.8 Å². The fourth-order valence-corrected chi connectivity index (χ4v) is 4.21. The van der Waals surface area contributed by atoms with Crippen molar-refractivity contribution < 1.29 is 9.18 Å². The highest BCUT2D eigenvalue weighted by atomic mass is 19.1. The number of amides is 1. The predicted molar refractivity (Wildman–Crippen MR) is 147 cm³/mol. The van der Waals surface area contributed by atoms with Gasteiger partial charge in [-0.25, -0.2) is 9.37 Å². The van der Waals surface area contributed by atoms with Gasteiger partial charge in [0.05, 0.1) is 5.52 Å². The van der Waals surface area contributed by atoms with Crippen LogP contribution in [0.2, 0.25) is 0 Å². The molecule has 1 amide bonds. The smallest absolute Gasteiger partial charge is 0.247 e. The number of benzene rings is 3. The van der Waals surface area contributed by atoms with Gasteiger partial charge >= 0.3 is 0 Å². The van der Waals surface area contributed by atoms with Crippen molar-refractivity contribution >= 4 is 51.3 Å². The molecule has 0 aliphatic carbocycles. The first-order valence-electron chi connectivity index (χ1n) is 12.1. The van der Waals surface area contributed by atoms with Crippen LogP contribution in [0, 0.1) is 5.82 Å². The number of nitrogens with zero attached hydrogens (tertiary/aromatic N) is 4. The third kappa shape index (κ3) is 5.84. The molecule has 0 unspecified atom stereocenters. The zero-order valence-electron chi connectivity index (χ0n) is 20.5. The van der Waals surface area contributed by atoms with Crippen molar-refractivity contribution in [2.45, 2.75) is 0 Å². The van der Waals surface area contributed by atoms with Gasteiger partial charge in [0, 0.05) is 54.3 Å². The molecule has 0 radical (unpaired) electrons. The number of fused-ring (bicyclic) bond motifs is 1. The Morgan fingerprint density at radius 2 is 1.68 bits per heavy atom. The van der Waals surface area contributed by atoms with Gasteiger partial charge in [0.1, 0.15) is 11.6 Å². The molecule has 188 valence electrons. The van der Waals surface area contributed by atoms with Crippen LogP contribution in [0.1, 0.15) is 0 Å². The Hall–Kier alpha value is -4.50. The summed E-state index contributed by atoms with van der Waals surface area (Å²) < 4.78 is 14.1. The number of anilines is 6. The van der Waals surface area contributed by atoms with E-state index in [2.05, 4.69) is 61.5 Å². The summed E-state index contributed by atoms with van der Waals surface area (Å²) in [6, 6.07) is 19.7. The Bertz CT molecular complexity index is 1430. The summed E-state index contributed by atoms with van der Waals surface area (Å²) in [6.45, 7) is 7.57. The maximum absolute atomic E-state index is 14.1. The first kappa shape index (κ1) is 24.2. The molecule has 0 saturated carbocycles. The van der Waals surface area contributed by atoms with E-state index < -0.39 is 0 Å². The standard InChI is InChI=1S/C28H28FN7O/c1-3-26(37)30-21-5-4-6-22(18-21)31-27-24-17-19(29)7-12-25(24)33-28(34-27)32-20-8-10-23(11-9-20)36-15-13-35(2)14-16-36/h3-12,17-18H,1,13-16H2,2H3,(H,30,37)(H2,31,32,33,34). The Morgan fingerprint density at radius 3 is 2.43 bits per heavy atom. The van der Waals surface area contributed by atoms with E-state index in [1.165, 1.54) is 23.9 Å². The number of likely N-dealkylation sites (N-methyl/N-ethyl adjacent to an activating group) is 1. The number of carbonyl (C=O) groups is 1. The maximum Gasteiger partial charge on any atom is 0.247 e. The molecule has 8 nitrogen and oxygen atoms in total. The molecule has 0 bridgehead atoms. The van der Waals surface area contributed by atoms with E-state index in [4.69, 9.17) is 0 Å². The van der Waals surface area contributed by atoms with Crippen LogP contribution in [0.3, 0.4) is 0 Å². The lowest BCUT2D eigenvalue weighted by atomic mass is 10.2. The second-order valence-electron chi connectivity index (χ2n) is 8.92. The number of rotatable bonds is 7. The number of hydrogen-bond donors (Lipinski definition) is 3. The molecule has 1 aliphatic rings. The fraction of sp³-hybridized carbons (Fsp3) is 0.179. The van der Waals surface area contributed by atoms with E-state index in [0.717, 1.165) is 31.9 Å². The van der Waals surface area contributed by atoms with Crippen LogP contribution in [-0.4, -0.2) is 54.0 Å². The van der Waals surface area contributed by atoms with Gasteiger partial charge in [0.25, 0.3) is 0 Å². The topological polar surface area (TPSA) is 85.4 Å². The number of nitrogens with one attached hydrogen (secondary N) is 3. The highest BCUT2D eigenvalue weighted by Gasteiger charge is 2.15. The first-order valence-corrected chi connectivity index (χ1v) is 12.1. The summed E-state index contributed by atoms with van der Waals surface area (Å²) in [4.78, 5) is 25.6. The molecule has 0 atom stereocenters. The summed E-state index contributed by atoms with van der Waals surface area (Å²) in [6.07, 6.45) is 1.20. The molecule has 4 aromatic rings. The van der Waals surface area contributed by atoms with Gasteiger partial charge in [0.2, 0.25) is 11.9 Å². The summed E-state index contributed by atoms with van der Waals surface area (Å²) >= 11 is 0. The zero-order chi connectivity index (χ0) is 25.8. The molecule has 5 rings (SSSR count). The molecule has 3 N–H and O–H groups in total. The minimum atomic E-state index is -0.383. The van der Waals surface area contributed by atoms with Crippen molar-refractivity contribution in [2.75, 3.05) is 54.1 Å². The molecule has 0 spiro atoms. The van der Waals surface area contributed by atoms with Crippen LogP contribution in [-0.2, 0) is 4.79 Å². The molecule has 1 aliphatic heterocycles. The van der Waals surface area contributed by atoms with Crippen molar-refractivity contribution in [1.82, 2.24) is 14.9 Å². The monoisotopic (exact) mass is 497 g/mol. The van der Waals surface area contributed by atoms with Gasteiger partial charge in [-0.1, -0.05) is 12.6 Å². The normalized spacial score (nSPS) is 13.8. The van der Waals surface area contributed by atoms with E-state index in [9.17, 15) is 9.18 Å². The third-order valence-corrected chi connectivity index (χ3v) is 6.23. The Morgan fingerprint density at radius 1 is 0.919 bits per heavy atom. The van der Waals surface area contributed by atoms with Crippen LogP contribution < -0.4 is 20.9 Å². The largest absolute Gasteiger partial charge is 0.369 e. The lowest BCUT2D eigenvalue weighted by Crippen LogP contribution is -2.44. The second kappa shape index (κ2) is 10.6. The minimum Gasteiger partial charge on any atom is -0.369 e. The molecule has 1 aromatic heterocycles. The van der Waals surface area contributed by atoms with E-state index in [1.807, 2.05) is 18.2 Å². The Labute approximate surface area is 214 Å². The number of carbonyl (C=O) groups excluding carboxylic acids is 1. The fourth-order valence-electron chi connectivity index (χ4n) is 4.21. The highest BCUT2D eigenvalue weighted by Crippen LogP contribution is 2.29. The van der Waals surface area contributed by atoms with E-state index in [0.29, 0.717) is 34.0 Å². The van der Waals surface area contributed by atoms with Gasteiger partial charge < -0.3 is 25.8 Å². The molecular formula is C28H28FN7O. The summed E-state index contributed by atoms with van der Waals surface area (Å²) in [5.74, 6) is 0.126. The molecule has 9 heteroatoms.